The number of ketones is 3. The first-order valence-corrected chi connectivity index (χ1v) is 9.77. The lowest BCUT2D eigenvalue weighted by molar-refractivity contribution is -0.172. The van der Waals surface area contributed by atoms with Gasteiger partial charge in [0.25, 0.3) is 0 Å². The van der Waals surface area contributed by atoms with Crippen LogP contribution in [0.2, 0.25) is 0 Å². The lowest BCUT2D eigenvalue weighted by Gasteiger charge is -2.59. The topological polar surface area (TPSA) is 91.7 Å². The molecule has 26 heavy (non-hydrogen) atoms. The SMILES string of the molecule is CC(=O)[C@@]1(O)CC[C@H]2[C@@H]3[C@@H](O)C(=O)C4=CC(=O)CC[C@]4(C)[C@H]3CC[C@@]21C. The lowest BCUT2D eigenvalue weighted by Crippen LogP contribution is -2.62. The van der Waals surface area contributed by atoms with E-state index < -0.39 is 22.5 Å². The van der Waals surface area contributed by atoms with Gasteiger partial charge in [0.2, 0.25) is 0 Å². The van der Waals surface area contributed by atoms with Crippen molar-refractivity contribution in [2.24, 2.45) is 28.6 Å². The number of aliphatic hydroxyl groups is 2. The van der Waals surface area contributed by atoms with E-state index in [4.69, 9.17) is 0 Å². The molecule has 4 aliphatic carbocycles. The molecule has 0 unspecified atom stereocenters. The lowest BCUT2D eigenvalue weighted by atomic mass is 9.45. The van der Waals surface area contributed by atoms with Crippen molar-refractivity contribution in [2.75, 3.05) is 0 Å². The van der Waals surface area contributed by atoms with Crippen LogP contribution in [-0.4, -0.2) is 39.3 Å². The number of hydrogen-bond donors (Lipinski definition) is 2. The number of aliphatic hydroxyl groups excluding tert-OH is 1. The summed E-state index contributed by atoms with van der Waals surface area (Å²) in [7, 11) is 0. The minimum atomic E-state index is -1.37. The van der Waals surface area contributed by atoms with E-state index in [1.165, 1.54) is 13.0 Å². The molecule has 0 spiro atoms. The van der Waals surface area contributed by atoms with Gasteiger partial charge in [0.15, 0.2) is 17.3 Å². The minimum Gasteiger partial charge on any atom is -0.385 e. The zero-order valence-electron chi connectivity index (χ0n) is 15.7. The maximum absolute atomic E-state index is 13.0. The third-order valence-corrected chi connectivity index (χ3v) is 8.60. The molecule has 0 aliphatic heterocycles. The average molecular weight is 360 g/mol. The molecular weight excluding hydrogens is 332 g/mol. The molecule has 0 amide bonds. The standard InChI is InChI=1S/C21H28O5/c1-11(22)21(26)9-6-14-16-13(5-8-20(14,21)3)19(2)7-4-12(23)10-15(19)17(24)18(16)25/h10,13-14,16,18,25-26H,4-9H2,1-3H3/t13-,14-,16+,18+,19+,20-,21-/m0/s1. The van der Waals surface area contributed by atoms with E-state index in [2.05, 4.69) is 6.92 Å². The van der Waals surface area contributed by atoms with Crippen LogP contribution in [-0.2, 0) is 14.4 Å². The van der Waals surface area contributed by atoms with E-state index in [9.17, 15) is 24.6 Å². The first-order chi connectivity index (χ1) is 12.1. The maximum atomic E-state index is 13.0. The summed E-state index contributed by atoms with van der Waals surface area (Å²) >= 11 is 0. The Morgan fingerprint density at radius 1 is 1.12 bits per heavy atom. The number of rotatable bonds is 1. The second kappa shape index (κ2) is 5.35. The van der Waals surface area contributed by atoms with Crippen LogP contribution in [0.4, 0.5) is 0 Å². The molecule has 3 fully saturated rings. The average Bonchev–Trinajstić information content (AvgIpc) is 2.87. The van der Waals surface area contributed by atoms with Crippen molar-refractivity contribution in [3.63, 3.8) is 0 Å². The van der Waals surface area contributed by atoms with E-state index in [-0.39, 0.29) is 35.1 Å². The van der Waals surface area contributed by atoms with Crippen molar-refractivity contribution in [1.29, 1.82) is 0 Å². The summed E-state index contributed by atoms with van der Waals surface area (Å²) in [5.74, 6) is -0.807. The minimum absolute atomic E-state index is 0.0380. The normalized spacial score (nSPS) is 50.6. The van der Waals surface area contributed by atoms with Gasteiger partial charge >= 0.3 is 0 Å². The molecule has 0 saturated heterocycles. The summed E-state index contributed by atoms with van der Waals surface area (Å²) in [5.41, 5.74) is -1.88. The zero-order valence-corrected chi connectivity index (χ0v) is 15.7. The summed E-state index contributed by atoms with van der Waals surface area (Å²) in [5, 5.41) is 22.0. The van der Waals surface area contributed by atoms with Crippen molar-refractivity contribution < 1.29 is 24.6 Å². The highest BCUT2D eigenvalue weighted by molar-refractivity contribution is 6.07. The second-order valence-corrected chi connectivity index (χ2v) is 9.45. The van der Waals surface area contributed by atoms with E-state index in [0.29, 0.717) is 37.7 Å². The summed E-state index contributed by atoms with van der Waals surface area (Å²) < 4.78 is 0. The Bertz CT molecular complexity index is 739. The van der Waals surface area contributed by atoms with E-state index in [0.717, 1.165) is 6.42 Å². The van der Waals surface area contributed by atoms with Gasteiger partial charge in [0.05, 0.1) is 0 Å². The number of fused-ring (bicyclic) bond motifs is 5. The van der Waals surface area contributed by atoms with Crippen molar-refractivity contribution in [1.82, 2.24) is 0 Å². The monoisotopic (exact) mass is 360 g/mol. The molecule has 5 nitrogen and oxygen atoms in total. The molecule has 0 aromatic rings. The van der Waals surface area contributed by atoms with Gasteiger partial charge in [-0.3, -0.25) is 14.4 Å². The van der Waals surface area contributed by atoms with Crippen LogP contribution in [0.1, 0.15) is 59.3 Å². The van der Waals surface area contributed by atoms with Gasteiger partial charge in [-0.25, -0.2) is 0 Å². The van der Waals surface area contributed by atoms with Crippen LogP contribution in [0.25, 0.3) is 0 Å². The van der Waals surface area contributed by atoms with E-state index in [1.807, 2.05) is 6.92 Å². The Balaban J connectivity index is 1.80. The van der Waals surface area contributed by atoms with E-state index in [1.54, 1.807) is 0 Å². The number of carbonyl (C=O) groups is 3. The molecule has 0 aromatic carbocycles. The largest absolute Gasteiger partial charge is 0.385 e. The molecule has 5 heteroatoms. The van der Waals surface area contributed by atoms with Crippen molar-refractivity contribution in [3.8, 4) is 0 Å². The van der Waals surface area contributed by atoms with Crippen LogP contribution in [0.3, 0.4) is 0 Å². The number of hydrogen-bond acceptors (Lipinski definition) is 5. The zero-order chi connectivity index (χ0) is 19.1. The van der Waals surface area contributed by atoms with Gasteiger partial charge in [-0.2, -0.15) is 0 Å². The molecule has 142 valence electrons. The van der Waals surface area contributed by atoms with Crippen LogP contribution < -0.4 is 0 Å². The van der Waals surface area contributed by atoms with Crippen molar-refractivity contribution >= 4 is 17.3 Å². The Morgan fingerprint density at radius 3 is 2.42 bits per heavy atom. The molecule has 7 atom stereocenters. The molecular formula is C21H28O5. The number of Topliss-reactive ketones (excluding diaryl/α,β-unsaturated/α-hetero) is 2. The molecule has 4 rings (SSSR count). The van der Waals surface area contributed by atoms with Gasteiger partial charge in [-0.15, -0.1) is 0 Å². The van der Waals surface area contributed by atoms with Crippen LogP contribution in [0.15, 0.2) is 11.6 Å². The first kappa shape index (κ1) is 18.1. The Hall–Kier alpha value is -1.33. The van der Waals surface area contributed by atoms with Gasteiger partial charge in [0, 0.05) is 17.4 Å². The van der Waals surface area contributed by atoms with Crippen molar-refractivity contribution in [3.05, 3.63) is 11.6 Å². The Kier molecular flexibility index (Phi) is 3.72. The summed E-state index contributed by atoms with van der Waals surface area (Å²) in [6, 6.07) is 0. The molecule has 0 heterocycles. The molecule has 2 N–H and O–H groups in total. The quantitative estimate of drug-likeness (QED) is 0.746. The third-order valence-electron chi connectivity index (χ3n) is 8.60. The van der Waals surface area contributed by atoms with Gasteiger partial charge in [-0.05, 0) is 68.3 Å². The third kappa shape index (κ3) is 1.96. The predicted octanol–water partition coefficient (Wildman–Crippen LogP) is 1.99. The Labute approximate surface area is 153 Å². The summed E-state index contributed by atoms with van der Waals surface area (Å²) in [4.78, 5) is 37.1. The molecule has 0 aromatic heterocycles. The smallest absolute Gasteiger partial charge is 0.188 e. The van der Waals surface area contributed by atoms with Crippen molar-refractivity contribution in [2.45, 2.75) is 71.0 Å². The highest BCUT2D eigenvalue weighted by atomic mass is 16.3. The first-order valence-electron chi connectivity index (χ1n) is 9.77. The molecule has 3 saturated carbocycles. The second-order valence-electron chi connectivity index (χ2n) is 9.45. The number of carbonyl (C=O) groups excluding carboxylic acids is 3. The fraction of sp³-hybridized carbons (Fsp3) is 0.762. The highest BCUT2D eigenvalue weighted by Crippen LogP contribution is 2.67. The summed E-state index contributed by atoms with van der Waals surface area (Å²) in [6.45, 7) is 5.45. The van der Waals surface area contributed by atoms with Gasteiger partial charge in [-0.1, -0.05) is 13.8 Å². The molecule has 0 radical (unpaired) electrons. The van der Waals surface area contributed by atoms with Gasteiger partial charge in [0.1, 0.15) is 11.7 Å². The van der Waals surface area contributed by atoms with Crippen LogP contribution in [0, 0.1) is 28.6 Å². The van der Waals surface area contributed by atoms with E-state index >= 15 is 0 Å². The fourth-order valence-electron chi connectivity index (χ4n) is 6.96. The summed E-state index contributed by atoms with van der Waals surface area (Å²) in [6.07, 6.45) is 3.87. The fourth-order valence-corrected chi connectivity index (χ4v) is 6.96. The molecule has 0 bridgehead atoms. The van der Waals surface area contributed by atoms with Gasteiger partial charge < -0.3 is 10.2 Å². The maximum Gasteiger partial charge on any atom is 0.188 e. The molecule has 4 aliphatic rings. The van der Waals surface area contributed by atoms with Crippen LogP contribution >= 0.6 is 0 Å². The van der Waals surface area contributed by atoms with Crippen LogP contribution in [0.5, 0.6) is 0 Å². The highest BCUT2D eigenvalue weighted by Gasteiger charge is 2.68. The Morgan fingerprint density at radius 2 is 1.77 bits per heavy atom. The predicted molar refractivity (Wildman–Crippen MR) is 94.1 cm³/mol.